The minimum Gasteiger partial charge on any atom is -0.372 e. The van der Waals surface area contributed by atoms with Crippen LogP contribution < -0.4 is 10.0 Å². The first-order chi connectivity index (χ1) is 8.51. The molecule has 0 aliphatic carbocycles. The lowest BCUT2D eigenvalue weighted by Gasteiger charge is -2.15. The molecule has 1 heterocycles. The van der Waals surface area contributed by atoms with Crippen molar-refractivity contribution in [3.63, 3.8) is 0 Å². The zero-order valence-corrected chi connectivity index (χ0v) is 12.4. The summed E-state index contributed by atoms with van der Waals surface area (Å²) >= 11 is 1.70. The number of rotatable bonds is 7. The molecule has 1 aromatic heterocycles. The van der Waals surface area contributed by atoms with Gasteiger partial charge in [-0.3, -0.25) is 0 Å². The number of hydrogen-bond acceptors (Lipinski definition) is 5. The first-order valence-corrected chi connectivity index (χ1v) is 8.38. The standard InChI is InChI=1S/C11H19N3O2S2/c1-4-17-8-9(2)14-18(15,16)10-6-5-7-13-11(10)12-3/h5-7,9,14H,4,8H2,1-3H3,(H,12,13). The summed E-state index contributed by atoms with van der Waals surface area (Å²) in [6.45, 7) is 3.90. The number of aromatic nitrogens is 1. The number of anilines is 1. The Kier molecular flexibility index (Phi) is 5.90. The van der Waals surface area contributed by atoms with E-state index in [4.69, 9.17) is 0 Å². The topological polar surface area (TPSA) is 71.1 Å². The number of hydrogen-bond donors (Lipinski definition) is 2. The zero-order chi connectivity index (χ0) is 13.6. The molecule has 0 aromatic carbocycles. The van der Waals surface area contributed by atoms with Crippen molar-refractivity contribution in [1.29, 1.82) is 0 Å². The Labute approximate surface area is 113 Å². The van der Waals surface area contributed by atoms with Gasteiger partial charge in [-0.25, -0.2) is 18.1 Å². The van der Waals surface area contributed by atoms with Crippen LogP contribution in [0.2, 0.25) is 0 Å². The molecule has 1 atom stereocenters. The van der Waals surface area contributed by atoms with E-state index in [1.54, 1.807) is 37.1 Å². The van der Waals surface area contributed by atoms with Crippen molar-refractivity contribution in [2.24, 2.45) is 0 Å². The molecule has 2 N–H and O–H groups in total. The van der Waals surface area contributed by atoms with Gasteiger partial charge in [0.05, 0.1) is 0 Å². The second-order valence-electron chi connectivity index (χ2n) is 3.78. The lowest BCUT2D eigenvalue weighted by molar-refractivity contribution is 0.571. The molecule has 7 heteroatoms. The molecule has 0 fully saturated rings. The van der Waals surface area contributed by atoms with Gasteiger partial charge in [-0.2, -0.15) is 11.8 Å². The number of thioether (sulfide) groups is 1. The largest absolute Gasteiger partial charge is 0.372 e. The quantitative estimate of drug-likeness (QED) is 0.797. The Bertz CT molecular complexity index is 477. The Hall–Kier alpha value is -0.790. The number of nitrogens with zero attached hydrogens (tertiary/aromatic N) is 1. The third-order valence-electron chi connectivity index (χ3n) is 2.23. The van der Waals surface area contributed by atoms with Crippen LogP contribution in [0.15, 0.2) is 23.2 Å². The zero-order valence-electron chi connectivity index (χ0n) is 10.8. The summed E-state index contributed by atoms with van der Waals surface area (Å²) in [7, 11) is -1.87. The summed E-state index contributed by atoms with van der Waals surface area (Å²) in [6, 6.07) is 3.05. The van der Waals surface area contributed by atoms with Gasteiger partial charge in [0.2, 0.25) is 10.0 Å². The van der Waals surface area contributed by atoms with E-state index in [0.717, 1.165) is 11.5 Å². The van der Waals surface area contributed by atoms with Crippen molar-refractivity contribution >= 4 is 27.6 Å². The second-order valence-corrected chi connectivity index (χ2v) is 6.78. The van der Waals surface area contributed by atoms with Crippen molar-refractivity contribution < 1.29 is 8.42 Å². The fourth-order valence-corrected chi connectivity index (χ4v) is 3.64. The van der Waals surface area contributed by atoms with Gasteiger partial charge in [-0.1, -0.05) is 6.92 Å². The van der Waals surface area contributed by atoms with Crippen molar-refractivity contribution in [2.75, 3.05) is 23.9 Å². The van der Waals surface area contributed by atoms with Gasteiger partial charge in [0.15, 0.2) is 0 Å². The highest BCUT2D eigenvalue weighted by atomic mass is 32.2. The van der Waals surface area contributed by atoms with Crippen LogP contribution in [0.4, 0.5) is 5.82 Å². The Balaban J connectivity index is 2.86. The van der Waals surface area contributed by atoms with Crippen molar-refractivity contribution in [3.8, 4) is 0 Å². The van der Waals surface area contributed by atoms with Gasteiger partial charge in [0.25, 0.3) is 0 Å². The van der Waals surface area contributed by atoms with Crippen LogP contribution >= 0.6 is 11.8 Å². The SMILES string of the molecule is CCSCC(C)NS(=O)(=O)c1cccnc1NC. The summed E-state index contributed by atoms with van der Waals surface area (Å²) in [4.78, 5) is 4.18. The summed E-state index contributed by atoms with van der Waals surface area (Å²) < 4.78 is 27.0. The highest BCUT2D eigenvalue weighted by Gasteiger charge is 2.20. The van der Waals surface area contributed by atoms with Crippen LogP contribution in [0.25, 0.3) is 0 Å². The van der Waals surface area contributed by atoms with Gasteiger partial charge in [0, 0.05) is 25.0 Å². The summed E-state index contributed by atoms with van der Waals surface area (Å²) in [5, 5.41) is 2.78. The summed E-state index contributed by atoms with van der Waals surface area (Å²) in [5.74, 6) is 2.09. The van der Waals surface area contributed by atoms with Gasteiger partial charge in [-0.05, 0) is 24.8 Å². The van der Waals surface area contributed by atoms with Gasteiger partial charge in [0.1, 0.15) is 10.7 Å². The third-order valence-corrected chi connectivity index (χ3v) is 4.99. The van der Waals surface area contributed by atoms with E-state index in [-0.39, 0.29) is 10.9 Å². The third kappa shape index (κ3) is 4.15. The molecule has 0 saturated carbocycles. The Morgan fingerprint density at radius 3 is 2.83 bits per heavy atom. The average Bonchev–Trinajstić information content (AvgIpc) is 2.35. The highest BCUT2D eigenvalue weighted by Crippen LogP contribution is 2.17. The van der Waals surface area contributed by atoms with Crippen LogP contribution in [0, 0.1) is 0 Å². The maximum atomic E-state index is 12.2. The van der Waals surface area contributed by atoms with Gasteiger partial charge < -0.3 is 5.32 Å². The molecule has 1 unspecified atom stereocenters. The molecule has 1 rings (SSSR count). The first kappa shape index (κ1) is 15.3. The molecule has 0 saturated heterocycles. The predicted molar refractivity (Wildman–Crippen MR) is 76.6 cm³/mol. The van der Waals surface area contributed by atoms with Crippen molar-refractivity contribution in [1.82, 2.24) is 9.71 Å². The number of pyridine rings is 1. The van der Waals surface area contributed by atoms with Crippen LogP contribution in [-0.2, 0) is 10.0 Å². The first-order valence-electron chi connectivity index (χ1n) is 5.74. The predicted octanol–water partition coefficient (Wildman–Crippen LogP) is 1.54. The van der Waals surface area contributed by atoms with E-state index in [1.807, 2.05) is 13.8 Å². The molecule has 5 nitrogen and oxygen atoms in total. The Morgan fingerprint density at radius 2 is 2.22 bits per heavy atom. The maximum Gasteiger partial charge on any atom is 0.244 e. The number of nitrogens with one attached hydrogen (secondary N) is 2. The maximum absolute atomic E-state index is 12.2. The molecular weight excluding hydrogens is 270 g/mol. The van der Waals surface area contributed by atoms with Crippen LogP contribution in [0.3, 0.4) is 0 Å². The fraction of sp³-hybridized carbons (Fsp3) is 0.545. The molecule has 0 aliphatic heterocycles. The molecular formula is C11H19N3O2S2. The molecule has 0 radical (unpaired) electrons. The minimum absolute atomic E-state index is 0.107. The van der Waals surface area contributed by atoms with E-state index in [1.165, 1.54) is 0 Å². The van der Waals surface area contributed by atoms with E-state index in [0.29, 0.717) is 5.82 Å². The molecule has 0 aliphatic rings. The average molecular weight is 289 g/mol. The van der Waals surface area contributed by atoms with Crippen molar-refractivity contribution in [3.05, 3.63) is 18.3 Å². The molecule has 0 bridgehead atoms. The summed E-state index contributed by atoms with van der Waals surface area (Å²) in [6.07, 6.45) is 1.56. The van der Waals surface area contributed by atoms with E-state index < -0.39 is 10.0 Å². The van der Waals surface area contributed by atoms with Crippen LogP contribution in [-0.4, -0.2) is 38.0 Å². The van der Waals surface area contributed by atoms with Crippen LogP contribution in [0.5, 0.6) is 0 Å². The van der Waals surface area contributed by atoms with Gasteiger partial charge >= 0.3 is 0 Å². The fourth-order valence-electron chi connectivity index (χ4n) is 1.45. The van der Waals surface area contributed by atoms with Crippen molar-refractivity contribution in [2.45, 2.75) is 24.8 Å². The second kappa shape index (κ2) is 6.96. The lowest BCUT2D eigenvalue weighted by atomic mass is 10.4. The lowest BCUT2D eigenvalue weighted by Crippen LogP contribution is -2.34. The monoisotopic (exact) mass is 289 g/mol. The van der Waals surface area contributed by atoms with Crippen LogP contribution in [0.1, 0.15) is 13.8 Å². The molecule has 0 spiro atoms. The molecule has 0 amide bonds. The number of sulfonamides is 1. The molecule has 18 heavy (non-hydrogen) atoms. The highest BCUT2D eigenvalue weighted by molar-refractivity contribution is 7.99. The Morgan fingerprint density at radius 1 is 1.50 bits per heavy atom. The van der Waals surface area contributed by atoms with Gasteiger partial charge in [-0.15, -0.1) is 0 Å². The molecule has 1 aromatic rings. The minimum atomic E-state index is -3.52. The smallest absolute Gasteiger partial charge is 0.244 e. The van der Waals surface area contributed by atoms with E-state index >= 15 is 0 Å². The normalized spacial score (nSPS) is 13.3. The summed E-state index contributed by atoms with van der Waals surface area (Å²) in [5.41, 5.74) is 0. The van der Waals surface area contributed by atoms with E-state index in [2.05, 4.69) is 15.0 Å². The van der Waals surface area contributed by atoms with E-state index in [9.17, 15) is 8.42 Å². The molecule has 102 valence electrons.